The summed E-state index contributed by atoms with van der Waals surface area (Å²) in [4.78, 5) is 4.05. The van der Waals surface area contributed by atoms with Crippen LogP contribution in [0.15, 0.2) is 42.6 Å². The van der Waals surface area contributed by atoms with Gasteiger partial charge in [-0.3, -0.25) is 4.98 Å². The lowest BCUT2D eigenvalue weighted by atomic mass is 10.2. The molecule has 17 heavy (non-hydrogen) atoms. The normalized spacial score (nSPS) is 9.59. The molecule has 0 amide bonds. The van der Waals surface area contributed by atoms with Crippen molar-refractivity contribution in [3.63, 3.8) is 0 Å². The molecule has 0 aliphatic heterocycles. The van der Waals surface area contributed by atoms with Crippen LogP contribution in [0.2, 0.25) is 0 Å². The first kappa shape index (κ1) is 11.0. The fourth-order valence-electron chi connectivity index (χ4n) is 1.44. The number of aromatic nitrogens is 1. The topological polar surface area (TPSA) is 68.9 Å². The smallest absolute Gasteiger partial charge is 0.133 e. The van der Waals surface area contributed by atoms with Crippen LogP contribution in [0.3, 0.4) is 0 Å². The lowest BCUT2D eigenvalue weighted by Gasteiger charge is -2.07. The number of benzene rings is 1. The minimum absolute atomic E-state index is 0.145. The highest BCUT2D eigenvalue weighted by molar-refractivity contribution is 5.57. The third kappa shape index (κ3) is 2.73. The molecule has 0 bridgehead atoms. The van der Waals surface area contributed by atoms with E-state index in [2.05, 4.69) is 16.4 Å². The molecular weight excluding hydrogens is 214 g/mol. The highest BCUT2D eigenvalue weighted by Gasteiger charge is 2.00. The Morgan fingerprint density at radius 1 is 1.24 bits per heavy atom. The molecule has 0 atom stereocenters. The van der Waals surface area contributed by atoms with E-state index in [1.165, 1.54) is 6.20 Å². The molecule has 2 rings (SSSR count). The Balaban J connectivity index is 2.08. The maximum Gasteiger partial charge on any atom is 0.133 e. The number of pyridine rings is 1. The van der Waals surface area contributed by atoms with E-state index in [0.717, 1.165) is 11.4 Å². The molecule has 4 heteroatoms. The van der Waals surface area contributed by atoms with Gasteiger partial charge in [-0.25, -0.2) is 0 Å². The number of rotatable bonds is 3. The van der Waals surface area contributed by atoms with E-state index in [-0.39, 0.29) is 5.75 Å². The zero-order valence-electron chi connectivity index (χ0n) is 9.09. The lowest BCUT2D eigenvalue weighted by molar-refractivity contribution is 0.472. The molecule has 0 saturated heterocycles. The van der Waals surface area contributed by atoms with E-state index >= 15 is 0 Å². The average Bonchev–Trinajstić information content (AvgIpc) is 2.38. The van der Waals surface area contributed by atoms with E-state index in [4.69, 9.17) is 10.4 Å². The molecule has 1 heterocycles. The first-order valence-electron chi connectivity index (χ1n) is 5.16. The molecule has 0 saturated carbocycles. The van der Waals surface area contributed by atoms with E-state index in [1.807, 2.05) is 18.2 Å². The van der Waals surface area contributed by atoms with E-state index in [0.29, 0.717) is 12.1 Å². The van der Waals surface area contributed by atoms with E-state index < -0.39 is 0 Å². The second-order valence-corrected chi connectivity index (χ2v) is 3.52. The van der Waals surface area contributed by atoms with Gasteiger partial charge in [0.05, 0.1) is 29.7 Å². The van der Waals surface area contributed by atoms with E-state index in [1.54, 1.807) is 18.2 Å². The second-order valence-electron chi connectivity index (χ2n) is 3.52. The van der Waals surface area contributed by atoms with Crippen LogP contribution in [0.4, 0.5) is 5.69 Å². The minimum atomic E-state index is 0.145. The lowest BCUT2D eigenvalue weighted by Crippen LogP contribution is -2.02. The molecule has 1 aromatic heterocycles. The van der Waals surface area contributed by atoms with Crippen LogP contribution in [0.1, 0.15) is 11.3 Å². The standard InChI is InChI=1S/C13H11N3O/c14-7-10-3-1-2-4-13(10)16-8-11-5-6-12(17)9-15-11/h1-6,9,16-17H,8H2. The van der Waals surface area contributed by atoms with Crippen molar-refractivity contribution in [3.05, 3.63) is 53.9 Å². The summed E-state index contributed by atoms with van der Waals surface area (Å²) in [5.74, 6) is 0.145. The second kappa shape index (κ2) is 4.99. The highest BCUT2D eigenvalue weighted by Crippen LogP contribution is 2.14. The highest BCUT2D eigenvalue weighted by atomic mass is 16.3. The summed E-state index contributed by atoms with van der Waals surface area (Å²) >= 11 is 0. The van der Waals surface area contributed by atoms with Crippen molar-refractivity contribution in [1.29, 1.82) is 5.26 Å². The molecular formula is C13H11N3O. The third-order valence-corrected chi connectivity index (χ3v) is 2.32. The monoisotopic (exact) mass is 225 g/mol. The molecule has 2 aromatic rings. The molecule has 2 N–H and O–H groups in total. The number of para-hydroxylation sites is 1. The Morgan fingerprint density at radius 2 is 2.06 bits per heavy atom. The molecule has 1 aromatic carbocycles. The van der Waals surface area contributed by atoms with Crippen molar-refractivity contribution in [2.75, 3.05) is 5.32 Å². The fraction of sp³-hybridized carbons (Fsp3) is 0.0769. The third-order valence-electron chi connectivity index (χ3n) is 2.32. The van der Waals surface area contributed by atoms with Crippen LogP contribution in [0.5, 0.6) is 5.75 Å². The minimum Gasteiger partial charge on any atom is -0.506 e. The summed E-state index contributed by atoms with van der Waals surface area (Å²) in [5, 5.41) is 21.1. The summed E-state index contributed by atoms with van der Waals surface area (Å²) in [5.41, 5.74) is 2.19. The Hall–Kier alpha value is -2.54. The van der Waals surface area contributed by atoms with Crippen LogP contribution < -0.4 is 5.32 Å². The molecule has 0 fully saturated rings. The maximum absolute atomic E-state index is 9.10. The number of hydrogen-bond donors (Lipinski definition) is 2. The maximum atomic E-state index is 9.10. The molecule has 0 aliphatic carbocycles. The Bertz CT molecular complexity index is 543. The zero-order chi connectivity index (χ0) is 12.1. The van der Waals surface area contributed by atoms with Crippen molar-refractivity contribution in [2.24, 2.45) is 0 Å². The van der Waals surface area contributed by atoms with Gasteiger partial charge in [0.2, 0.25) is 0 Å². The predicted molar refractivity (Wildman–Crippen MR) is 64.4 cm³/mol. The van der Waals surface area contributed by atoms with Gasteiger partial charge in [0.1, 0.15) is 11.8 Å². The van der Waals surface area contributed by atoms with E-state index in [9.17, 15) is 0 Å². The fourth-order valence-corrected chi connectivity index (χ4v) is 1.44. The van der Waals surface area contributed by atoms with Gasteiger partial charge >= 0.3 is 0 Å². The molecule has 0 spiro atoms. The first-order chi connectivity index (χ1) is 8.29. The van der Waals surface area contributed by atoms with Gasteiger partial charge in [0.25, 0.3) is 0 Å². The van der Waals surface area contributed by atoms with Crippen molar-refractivity contribution in [3.8, 4) is 11.8 Å². The summed E-state index contributed by atoms with van der Waals surface area (Å²) in [6.45, 7) is 0.513. The Kier molecular flexibility index (Phi) is 3.22. The molecule has 4 nitrogen and oxygen atoms in total. The van der Waals surface area contributed by atoms with Gasteiger partial charge in [-0.1, -0.05) is 12.1 Å². The average molecular weight is 225 g/mol. The quantitative estimate of drug-likeness (QED) is 0.840. The number of nitriles is 1. The van der Waals surface area contributed by atoms with Crippen molar-refractivity contribution < 1.29 is 5.11 Å². The van der Waals surface area contributed by atoms with Crippen LogP contribution in [0, 0.1) is 11.3 Å². The zero-order valence-corrected chi connectivity index (χ0v) is 9.09. The molecule has 0 unspecified atom stereocenters. The number of nitrogens with one attached hydrogen (secondary N) is 1. The van der Waals surface area contributed by atoms with Gasteiger partial charge in [-0.05, 0) is 24.3 Å². The molecule has 0 aliphatic rings. The number of anilines is 1. The molecule has 0 radical (unpaired) electrons. The Labute approximate surface area is 99.2 Å². The Morgan fingerprint density at radius 3 is 2.76 bits per heavy atom. The van der Waals surface area contributed by atoms with Crippen LogP contribution in [0.25, 0.3) is 0 Å². The van der Waals surface area contributed by atoms with Gasteiger partial charge in [-0.15, -0.1) is 0 Å². The van der Waals surface area contributed by atoms with Crippen LogP contribution in [-0.2, 0) is 6.54 Å². The number of hydrogen-bond acceptors (Lipinski definition) is 4. The van der Waals surface area contributed by atoms with Gasteiger partial charge in [0, 0.05) is 0 Å². The van der Waals surface area contributed by atoms with Crippen molar-refractivity contribution in [1.82, 2.24) is 4.98 Å². The SMILES string of the molecule is N#Cc1ccccc1NCc1ccc(O)cn1. The predicted octanol–water partition coefficient (Wildman–Crippen LogP) is 2.27. The summed E-state index contributed by atoms with van der Waals surface area (Å²) in [6, 6.07) is 12.7. The number of aromatic hydroxyl groups is 1. The van der Waals surface area contributed by atoms with Crippen molar-refractivity contribution >= 4 is 5.69 Å². The first-order valence-corrected chi connectivity index (χ1v) is 5.16. The largest absolute Gasteiger partial charge is 0.506 e. The summed E-state index contributed by atoms with van der Waals surface area (Å²) in [7, 11) is 0. The van der Waals surface area contributed by atoms with Crippen LogP contribution in [-0.4, -0.2) is 10.1 Å². The molecule has 84 valence electrons. The van der Waals surface area contributed by atoms with Gasteiger partial charge in [0.15, 0.2) is 0 Å². The van der Waals surface area contributed by atoms with Crippen molar-refractivity contribution in [2.45, 2.75) is 6.54 Å². The van der Waals surface area contributed by atoms with Crippen LogP contribution >= 0.6 is 0 Å². The summed E-state index contributed by atoms with van der Waals surface area (Å²) in [6.07, 6.45) is 1.40. The summed E-state index contributed by atoms with van der Waals surface area (Å²) < 4.78 is 0. The number of nitrogens with zero attached hydrogens (tertiary/aromatic N) is 2. The van der Waals surface area contributed by atoms with Gasteiger partial charge in [-0.2, -0.15) is 5.26 Å². The van der Waals surface area contributed by atoms with Gasteiger partial charge < -0.3 is 10.4 Å².